The van der Waals surface area contributed by atoms with Gasteiger partial charge in [-0.05, 0) is 25.8 Å². The summed E-state index contributed by atoms with van der Waals surface area (Å²) in [4.78, 5) is 23.2. The highest BCUT2D eigenvalue weighted by Crippen LogP contribution is 2.25. The van der Waals surface area contributed by atoms with Gasteiger partial charge in [-0.15, -0.1) is 10.2 Å². The maximum Gasteiger partial charge on any atom is 0.316 e. The molecule has 6 nitrogen and oxygen atoms in total. The van der Waals surface area contributed by atoms with E-state index in [9.17, 15) is 9.59 Å². The molecule has 2 rings (SSSR count). The molecule has 128 valence electrons. The number of nitrogens with one attached hydrogen (secondary N) is 1. The molecule has 0 fully saturated rings. The van der Waals surface area contributed by atoms with E-state index in [-0.39, 0.29) is 17.6 Å². The molecule has 0 saturated carbocycles. The number of esters is 1. The molecular weight excluding hydrogens is 346 g/mol. The molecule has 0 saturated heterocycles. The average Bonchev–Trinajstić information content (AvgIpc) is 3.00. The van der Waals surface area contributed by atoms with Crippen LogP contribution in [0, 0.1) is 6.92 Å². The van der Waals surface area contributed by atoms with Gasteiger partial charge in [0, 0.05) is 6.42 Å². The van der Waals surface area contributed by atoms with E-state index >= 15 is 0 Å². The van der Waals surface area contributed by atoms with Gasteiger partial charge in [0.2, 0.25) is 11.0 Å². The number of benzene rings is 1. The molecule has 2 aromatic rings. The van der Waals surface area contributed by atoms with Gasteiger partial charge < -0.3 is 10.1 Å². The fourth-order valence-corrected chi connectivity index (χ4v) is 3.40. The second kappa shape index (κ2) is 9.39. The Balaban J connectivity index is 1.75. The van der Waals surface area contributed by atoms with Crippen LogP contribution in [0.25, 0.3) is 0 Å². The predicted molar refractivity (Wildman–Crippen MR) is 95.4 cm³/mol. The molecular formula is C16H19N3O3S2. The second-order valence-electron chi connectivity index (χ2n) is 5.00. The first-order chi connectivity index (χ1) is 11.6. The zero-order valence-corrected chi connectivity index (χ0v) is 15.2. The summed E-state index contributed by atoms with van der Waals surface area (Å²) in [5, 5.41) is 11.0. The summed E-state index contributed by atoms with van der Waals surface area (Å²) in [5.74, 6) is -0.209. The number of hydrogen-bond donors (Lipinski definition) is 1. The molecule has 0 spiro atoms. The summed E-state index contributed by atoms with van der Waals surface area (Å²) < 4.78 is 5.47. The fourth-order valence-electron chi connectivity index (χ4n) is 1.84. The van der Waals surface area contributed by atoms with E-state index in [0.29, 0.717) is 28.9 Å². The van der Waals surface area contributed by atoms with Crippen LogP contribution in [-0.4, -0.2) is 34.4 Å². The van der Waals surface area contributed by atoms with Crippen LogP contribution in [0.5, 0.6) is 0 Å². The largest absolute Gasteiger partial charge is 0.465 e. The predicted octanol–water partition coefficient (Wildman–Crippen LogP) is 3.07. The van der Waals surface area contributed by atoms with Crippen LogP contribution in [0.2, 0.25) is 0 Å². The number of rotatable bonds is 8. The molecule has 1 amide bonds. The van der Waals surface area contributed by atoms with Crippen molar-refractivity contribution in [1.82, 2.24) is 10.2 Å². The van der Waals surface area contributed by atoms with Crippen molar-refractivity contribution in [2.45, 2.75) is 31.0 Å². The lowest BCUT2D eigenvalue weighted by molar-refractivity contribution is -0.139. The second-order valence-corrected chi connectivity index (χ2v) is 7.20. The molecule has 0 bridgehead atoms. The van der Waals surface area contributed by atoms with Crippen molar-refractivity contribution in [2.75, 3.05) is 17.7 Å². The summed E-state index contributed by atoms with van der Waals surface area (Å²) >= 11 is 2.49. The Morgan fingerprint density at radius 3 is 2.71 bits per heavy atom. The summed E-state index contributed by atoms with van der Waals surface area (Å²) in [6, 6.07) is 8.12. The third-order valence-electron chi connectivity index (χ3n) is 3.03. The van der Waals surface area contributed by atoms with Crippen molar-refractivity contribution in [3.63, 3.8) is 0 Å². The lowest BCUT2D eigenvalue weighted by atomic mass is 10.1. The van der Waals surface area contributed by atoms with Gasteiger partial charge in [0.05, 0.1) is 12.4 Å². The van der Waals surface area contributed by atoms with Crippen molar-refractivity contribution in [3.05, 3.63) is 35.4 Å². The van der Waals surface area contributed by atoms with E-state index in [0.717, 1.165) is 5.56 Å². The quantitative estimate of drug-likeness (QED) is 0.440. The van der Waals surface area contributed by atoms with Crippen LogP contribution in [-0.2, 0) is 20.7 Å². The molecule has 0 aliphatic heterocycles. The smallest absolute Gasteiger partial charge is 0.316 e. The van der Waals surface area contributed by atoms with Crippen molar-refractivity contribution in [3.8, 4) is 0 Å². The Morgan fingerprint density at radius 1 is 1.25 bits per heavy atom. The van der Waals surface area contributed by atoms with Crippen molar-refractivity contribution in [1.29, 1.82) is 0 Å². The number of nitrogens with zero attached hydrogens (tertiary/aromatic N) is 2. The Labute approximate surface area is 149 Å². The normalized spacial score (nSPS) is 10.4. The molecule has 8 heteroatoms. The number of anilines is 1. The molecule has 0 radical (unpaired) electrons. The minimum atomic E-state index is -0.290. The third-order valence-corrected chi connectivity index (χ3v) is 4.98. The maximum atomic E-state index is 12.0. The summed E-state index contributed by atoms with van der Waals surface area (Å²) in [6.07, 6.45) is 1.06. The molecule has 0 unspecified atom stereocenters. The van der Waals surface area contributed by atoms with Crippen LogP contribution in [0.1, 0.15) is 24.5 Å². The van der Waals surface area contributed by atoms with Gasteiger partial charge in [0.25, 0.3) is 0 Å². The summed E-state index contributed by atoms with van der Waals surface area (Å²) in [7, 11) is 0. The number of aryl methyl sites for hydroxylation is 2. The average molecular weight is 365 g/mol. The molecule has 1 aromatic heterocycles. The van der Waals surface area contributed by atoms with Crippen LogP contribution in [0.4, 0.5) is 5.13 Å². The van der Waals surface area contributed by atoms with Crippen LogP contribution < -0.4 is 5.32 Å². The van der Waals surface area contributed by atoms with E-state index in [1.54, 1.807) is 6.92 Å². The van der Waals surface area contributed by atoms with E-state index in [2.05, 4.69) is 15.5 Å². The highest BCUT2D eigenvalue weighted by Gasteiger charge is 2.11. The fraction of sp³-hybridized carbons (Fsp3) is 0.375. The molecule has 0 atom stereocenters. The van der Waals surface area contributed by atoms with Gasteiger partial charge in [0.15, 0.2) is 4.34 Å². The van der Waals surface area contributed by atoms with Gasteiger partial charge in [-0.3, -0.25) is 9.59 Å². The first-order valence-corrected chi connectivity index (χ1v) is 9.34. The van der Waals surface area contributed by atoms with Crippen molar-refractivity contribution >= 4 is 40.1 Å². The van der Waals surface area contributed by atoms with Gasteiger partial charge in [0.1, 0.15) is 0 Å². The van der Waals surface area contributed by atoms with Gasteiger partial charge in [-0.1, -0.05) is 52.9 Å². The number of aromatic nitrogens is 2. The molecule has 1 aromatic carbocycles. The standard InChI is InChI=1S/C16H19N3O3S2/c1-3-22-14(21)10-23-16-19-18-15(24-16)17-13(20)9-8-12-6-4-11(2)5-7-12/h4-7H,3,8-10H2,1-2H3,(H,17,18,20). The highest BCUT2D eigenvalue weighted by molar-refractivity contribution is 8.01. The summed E-state index contributed by atoms with van der Waals surface area (Å²) in [6.45, 7) is 4.15. The van der Waals surface area contributed by atoms with E-state index < -0.39 is 0 Å². The first-order valence-electron chi connectivity index (χ1n) is 7.54. The topological polar surface area (TPSA) is 81.2 Å². The minimum Gasteiger partial charge on any atom is -0.465 e. The molecule has 1 heterocycles. The first kappa shape index (κ1) is 18.4. The van der Waals surface area contributed by atoms with Crippen LogP contribution >= 0.6 is 23.1 Å². The van der Waals surface area contributed by atoms with Crippen molar-refractivity contribution in [2.24, 2.45) is 0 Å². The van der Waals surface area contributed by atoms with E-state index in [1.165, 1.54) is 28.7 Å². The molecule has 0 aliphatic carbocycles. The van der Waals surface area contributed by atoms with Gasteiger partial charge in [-0.25, -0.2) is 0 Å². The van der Waals surface area contributed by atoms with Crippen LogP contribution in [0.3, 0.4) is 0 Å². The lowest BCUT2D eigenvalue weighted by Gasteiger charge is -2.02. The zero-order valence-electron chi connectivity index (χ0n) is 13.6. The number of ether oxygens (including phenoxy) is 1. The van der Waals surface area contributed by atoms with E-state index in [4.69, 9.17) is 4.74 Å². The maximum absolute atomic E-state index is 12.0. The number of carbonyl (C=O) groups is 2. The highest BCUT2D eigenvalue weighted by atomic mass is 32.2. The number of carbonyl (C=O) groups excluding carboxylic acids is 2. The molecule has 24 heavy (non-hydrogen) atoms. The number of hydrogen-bond acceptors (Lipinski definition) is 7. The number of thioether (sulfide) groups is 1. The summed E-state index contributed by atoms with van der Waals surface area (Å²) in [5.41, 5.74) is 2.32. The van der Waals surface area contributed by atoms with Gasteiger partial charge in [-0.2, -0.15) is 0 Å². The lowest BCUT2D eigenvalue weighted by Crippen LogP contribution is -2.12. The third kappa shape index (κ3) is 6.29. The minimum absolute atomic E-state index is 0.103. The van der Waals surface area contributed by atoms with Crippen LogP contribution in [0.15, 0.2) is 28.6 Å². The van der Waals surface area contributed by atoms with Crippen molar-refractivity contribution < 1.29 is 14.3 Å². The monoisotopic (exact) mass is 365 g/mol. The Bertz CT molecular complexity index is 686. The molecule has 1 N–H and O–H groups in total. The van der Waals surface area contributed by atoms with Gasteiger partial charge >= 0.3 is 5.97 Å². The Kier molecular flexibility index (Phi) is 7.20. The SMILES string of the molecule is CCOC(=O)CSc1nnc(NC(=O)CCc2ccc(C)cc2)s1. The van der Waals surface area contributed by atoms with E-state index in [1.807, 2.05) is 31.2 Å². The zero-order chi connectivity index (χ0) is 17.4. The molecule has 0 aliphatic rings. The number of amides is 1. The Hall–Kier alpha value is -1.93. The Morgan fingerprint density at radius 2 is 2.00 bits per heavy atom.